The van der Waals surface area contributed by atoms with Crippen LogP contribution in [-0.4, -0.2) is 38.4 Å². The molecule has 10 heteroatoms. The van der Waals surface area contributed by atoms with Crippen LogP contribution in [0, 0.1) is 0 Å². The molecule has 0 aliphatic heterocycles. The van der Waals surface area contributed by atoms with Crippen molar-refractivity contribution in [1.29, 1.82) is 0 Å². The summed E-state index contributed by atoms with van der Waals surface area (Å²) in [6, 6.07) is 9.69. The van der Waals surface area contributed by atoms with E-state index in [-0.39, 0.29) is 18.9 Å². The highest BCUT2D eigenvalue weighted by Crippen LogP contribution is 2.29. The van der Waals surface area contributed by atoms with E-state index in [1.165, 1.54) is 20.3 Å². The minimum absolute atomic E-state index is 0.0284. The van der Waals surface area contributed by atoms with E-state index >= 15 is 0 Å². The van der Waals surface area contributed by atoms with Gasteiger partial charge in [-0.25, -0.2) is 5.43 Å². The quantitative estimate of drug-likeness (QED) is 0.442. The van der Waals surface area contributed by atoms with Crippen molar-refractivity contribution in [2.75, 3.05) is 26.1 Å². The Morgan fingerprint density at radius 2 is 1.77 bits per heavy atom. The standard InChI is InChI=1S/C20H21Cl2N3O5/c1-12(8-19(26)23-16-6-5-14(28-2)10-18(16)29-3)24-25-20(27)11-30-17-7-4-13(21)9-15(17)22/h4-7,9-10H,8,11H2,1-3H3,(H,23,26)(H,25,27)/b24-12+. The number of hydrazone groups is 1. The molecular formula is C20H21Cl2N3O5. The number of nitrogens with zero attached hydrogens (tertiary/aromatic N) is 1. The average Bonchev–Trinajstić information content (AvgIpc) is 2.71. The molecule has 0 spiro atoms. The fourth-order valence-corrected chi connectivity index (χ4v) is 2.76. The van der Waals surface area contributed by atoms with Crippen molar-refractivity contribution in [1.82, 2.24) is 5.43 Å². The second-order valence-corrected chi connectivity index (χ2v) is 6.88. The highest BCUT2D eigenvalue weighted by Gasteiger charge is 2.11. The lowest BCUT2D eigenvalue weighted by atomic mass is 10.2. The van der Waals surface area contributed by atoms with Gasteiger partial charge in [-0.1, -0.05) is 23.2 Å². The first-order valence-electron chi connectivity index (χ1n) is 8.74. The SMILES string of the molecule is COc1ccc(NC(=O)C/C(C)=N/NC(=O)COc2ccc(Cl)cc2Cl)c(OC)c1. The number of benzene rings is 2. The molecule has 0 aliphatic carbocycles. The number of carbonyl (C=O) groups is 2. The number of halogens is 2. The molecule has 2 aromatic rings. The Balaban J connectivity index is 1.84. The van der Waals surface area contributed by atoms with Gasteiger partial charge >= 0.3 is 0 Å². The number of hydrogen-bond donors (Lipinski definition) is 2. The molecule has 2 rings (SSSR count). The molecule has 8 nitrogen and oxygen atoms in total. The molecule has 0 aliphatic rings. The van der Waals surface area contributed by atoms with Crippen LogP contribution in [0.1, 0.15) is 13.3 Å². The number of carbonyl (C=O) groups excluding carboxylic acids is 2. The van der Waals surface area contributed by atoms with Gasteiger partial charge in [0.1, 0.15) is 17.2 Å². The van der Waals surface area contributed by atoms with Gasteiger partial charge in [-0.15, -0.1) is 0 Å². The van der Waals surface area contributed by atoms with Crippen LogP contribution in [0.3, 0.4) is 0 Å². The van der Waals surface area contributed by atoms with E-state index in [0.29, 0.717) is 38.7 Å². The molecule has 2 aromatic carbocycles. The zero-order valence-electron chi connectivity index (χ0n) is 16.6. The van der Waals surface area contributed by atoms with Crippen LogP contribution in [0.4, 0.5) is 5.69 Å². The molecule has 0 fully saturated rings. The Morgan fingerprint density at radius 1 is 1.00 bits per heavy atom. The third-order valence-corrected chi connectivity index (χ3v) is 4.25. The van der Waals surface area contributed by atoms with E-state index in [1.807, 2.05) is 0 Å². The van der Waals surface area contributed by atoms with Crippen molar-refractivity contribution in [3.63, 3.8) is 0 Å². The monoisotopic (exact) mass is 453 g/mol. The number of ether oxygens (including phenoxy) is 3. The lowest BCUT2D eigenvalue weighted by Gasteiger charge is -2.11. The van der Waals surface area contributed by atoms with Crippen molar-refractivity contribution < 1.29 is 23.8 Å². The van der Waals surface area contributed by atoms with Crippen molar-refractivity contribution >= 4 is 46.4 Å². The van der Waals surface area contributed by atoms with Gasteiger partial charge < -0.3 is 19.5 Å². The van der Waals surface area contributed by atoms with Crippen LogP contribution in [0.5, 0.6) is 17.2 Å². The minimum atomic E-state index is -0.502. The van der Waals surface area contributed by atoms with Gasteiger partial charge in [-0.3, -0.25) is 9.59 Å². The van der Waals surface area contributed by atoms with E-state index in [2.05, 4.69) is 15.8 Å². The lowest BCUT2D eigenvalue weighted by Crippen LogP contribution is -2.26. The fraction of sp³-hybridized carbons (Fsp3) is 0.250. The summed E-state index contributed by atoms with van der Waals surface area (Å²) in [4.78, 5) is 24.1. The van der Waals surface area contributed by atoms with E-state index in [1.54, 1.807) is 37.3 Å². The maximum absolute atomic E-state index is 12.2. The van der Waals surface area contributed by atoms with Crippen LogP contribution in [0.2, 0.25) is 10.0 Å². The van der Waals surface area contributed by atoms with E-state index < -0.39 is 5.91 Å². The molecule has 0 saturated carbocycles. The maximum atomic E-state index is 12.2. The third-order valence-electron chi connectivity index (χ3n) is 3.72. The predicted octanol–water partition coefficient (Wildman–Crippen LogP) is 3.91. The van der Waals surface area contributed by atoms with Gasteiger partial charge in [0.25, 0.3) is 5.91 Å². The first-order chi connectivity index (χ1) is 14.3. The number of methoxy groups -OCH3 is 2. The van der Waals surface area contributed by atoms with E-state index in [9.17, 15) is 9.59 Å². The van der Waals surface area contributed by atoms with Crippen LogP contribution in [0.25, 0.3) is 0 Å². The Morgan fingerprint density at radius 3 is 2.43 bits per heavy atom. The summed E-state index contributed by atoms with van der Waals surface area (Å²) in [5.41, 5.74) is 3.22. The maximum Gasteiger partial charge on any atom is 0.277 e. The van der Waals surface area contributed by atoms with Crippen molar-refractivity contribution in [2.45, 2.75) is 13.3 Å². The van der Waals surface area contributed by atoms with Gasteiger partial charge in [-0.2, -0.15) is 5.10 Å². The molecule has 160 valence electrons. The molecule has 0 aromatic heterocycles. The summed E-state index contributed by atoms with van der Waals surface area (Å²) >= 11 is 11.8. The van der Waals surface area contributed by atoms with Gasteiger partial charge in [0.2, 0.25) is 5.91 Å². The molecule has 0 saturated heterocycles. The van der Waals surface area contributed by atoms with Crippen LogP contribution >= 0.6 is 23.2 Å². The van der Waals surface area contributed by atoms with Crippen LogP contribution in [0.15, 0.2) is 41.5 Å². The van der Waals surface area contributed by atoms with Gasteiger partial charge in [0, 0.05) is 16.8 Å². The molecule has 30 heavy (non-hydrogen) atoms. The number of anilines is 1. The van der Waals surface area contributed by atoms with E-state index in [0.717, 1.165) is 0 Å². The molecule has 0 radical (unpaired) electrons. The Bertz CT molecular complexity index is 950. The second-order valence-electron chi connectivity index (χ2n) is 6.04. The zero-order chi connectivity index (χ0) is 22.1. The molecule has 0 bridgehead atoms. The van der Waals surface area contributed by atoms with Crippen molar-refractivity contribution in [3.8, 4) is 17.2 Å². The van der Waals surface area contributed by atoms with Crippen LogP contribution < -0.4 is 25.0 Å². The van der Waals surface area contributed by atoms with Crippen LogP contribution in [-0.2, 0) is 9.59 Å². The largest absolute Gasteiger partial charge is 0.497 e. The number of amides is 2. The molecule has 2 amide bonds. The highest BCUT2D eigenvalue weighted by molar-refractivity contribution is 6.35. The summed E-state index contributed by atoms with van der Waals surface area (Å²) in [7, 11) is 3.03. The molecular weight excluding hydrogens is 433 g/mol. The minimum Gasteiger partial charge on any atom is -0.497 e. The number of nitrogens with one attached hydrogen (secondary N) is 2. The summed E-state index contributed by atoms with van der Waals surface area (Å²) < 4.78 is 15.7. The predicted molar refractivity (Wildman–Crippen MR) is 116 cm³/mol. The second kappa shape index (κ2) is 11.3. The van der Waals surface area contributed by atoms with Crippen molar-refractivity contribution in [3.05, 3.63) is 46.4 Å². The van der Waals surface area contributed by atoms with E-state index in [4.69, 9.17) is 37.4 Å². The number of rotatable bonds is 9. The summed E-state index contributed by atoms with van der Waals surface area (Å²) in [5, 5.41) is 7.37. The van der Waals surface area contributed by atoms with Gasteiger partial charge in [0.15, 0.2) is 6.61 Å². The zero-order valence-corrected chi connectivity index (χ0v) is 18.1. The van der Waals surface area contributed by atoms with Gasteiger partial charge in [-0.05, 0) is 37.3 Å². The topological polar surface area (TPSA) is 98.2 Å². The molecule has 2 N–H and O–H groups in total. The highest BCUT2D eigenvalue weighted by atomic mass is 35.5. The normalized spacial score (nSPS) is 10.9. The Labute approximate surface area is 184 Å². The fourth-order valence-electron chi connectivity index (χ4n) is 2.29. The van der Waals surface area contributed by atoms with Crippen molar-refractivity contribution in [2.24, 2.45) is 5.10 Å². The Hall–Kier alpha value is -2.97. The first-order valence-corrected chi connectivity index (χ1v) is 9.49. The Kier molecular flexibility index (Phi) is 8.76. The summed E-state index contributed by atoms with van der Waals surface area (Å²) in [6.45, 7) is 1.31. The number of hydrogen-bond acceptors (Lipinski definition) is 6. The molecule has 0 heterocycles. The molecule has 0 atom stereocenters. The molecule has 0 unspecified atom stereocenters. The third kappa shape index (κ3) is 7.13. The lowest BCUT2D eigenvalue weighted by molar-refractivity contribution is -0.123. The first kappa shape index (κ1) is 23.3. The summed E-state index contributed by atoms with van der Waals surface area (Å²) in [6.07, 6.45) is -0.0284. The average molecular weight is 454 g/mol. The summed E-state index contributed by atoms with van der Waals surface area (Å²) in [5.74, 6) is 0.566. The smallest absolute Gasteiger partial charge is 0.277 e. The van der Waals surface area contributed by atoms with Gasteiger partial charge in [0.05, 0.1) is 31.4 Å².